The molecule has 4 amide bonds. The first-order valence-corrected chi connectivity index (χ1v) is 20.6. The maximum absolute atomic E-state index is 16.2. The third-order valence-corrected chi connectivity index (χ3v) is 14.2. The zero-order valence-corrected chi connectivity index (χ0v) is 32.4. The molecule has 2 aliphatic heterocycles. The number of carbonyl (C=O) groups is 4. The second-order valence-electron chi connectivity index (χ2n) is 16.0. The van der Waals surface area contributed by atoms with Gasteiger partial charge in [0.2, 0.25) is 34.1 Å². The van der Waals surface area contributed by atoms with Crippen LogP contribution in [0.25, 0.3) is 11.0 Å². The van der Waals surface area contributed by atoms with Gasteiger partial charge in [0.1, 0.15) is 47.4 Å². The lowest BCUT2D eigenvalue weighted by molar-refractivity contribution is -0.142. The van der Waals surface area contributed by atoms with Gasteiger partial charge in [-0.2, -0.15) is 0 Å². The number of amides is 4. The van der Waals surface area contributed by atoms with Crippen LogP contribution in [0.2, 0.25) is 0 Å². The third kappa shape index (κ3) is 7.54. The molecule has 1 aromatic carbocycles. The number of fused-ring (bicyclic) bond motifs is 5. The predicted octanol–water partition coefficient (Wildman–Crippen LogP) is 3.85. The number of hydrogen-bond donors (Lipinski definition) is 3. The predicted molar refractivity (Wildman–Crippen MR) is 193 cm³/mol. The summed E-state index contributed by atoms with van der Waals surface area (Å²) >= 11 is 0. The van der Waals surface area contributed by atoms with Gasteiger partial charge in [0.15, 0.2) is 0 Å². The summed E-state index contributed by atoms with van der Waals surface area (Å²) in [4.78, 5) is 65.4. The van der Waals surface area contributed by atoms with Crippen LogP contribution in [0.1, 0.15) is 90.4 Å². The number of carbonyl (C=O) groups excluding carboxylic acids is 4. The van der Waals surface area contributed by atoms with Crippen LogP contribution >= 0.6 is 0 Å². The summed E-state index contributed by atoms with van der Waals surface area (Å²) in [5.41, 5.74) is -1.64. The standard InChI is InChI=1S/C37H47F3N6O9S/c1-5-21-27-17-46(29(21)31(47)44-37(16-22(37)30(39)40)34(49)45-56(51,52)36(3)12-13-36)33(48)18(2)41-35(50)55-26-14-19(26)8-6-7-9-23(38)28-32(54-27)43-25-15-20(53-4)10-11-24(25)42-28/h10-11,15,18-19,21-23,26-27,29-30H,5-9,12-14,16-17H2,1-4H3,(H,41,50)(H,44,47)(H,45,49)/t18-,19+,21+,22?,23?,26+,27-,29-,37+/m0/s1. The van der Waals surface area contributed by atoms with Crippen LogP contribution in [0, 0.1) is 17.8 Å². The quantitative estimate of drug-likeness (QED) is 0.351. The smallest absolute Gasteiger partial charge is 0.408 e. The molecular formula is C37H47F3N6O9S. The number of alkyl halides is 3. The molecule has 4 fully saturated rings. The van der Waals surface area contributed by atoms with Crippen LogP contribution in [0.15, 0.2) is 18.2 Å². The molecule has 3 heterocycles. The van der Waals surface area contributed by atoms with E-state index in [1.807, 2.05) is 4.72 Å². The van der Waals surface area contributed by atoms with Crippen molar-refractivity contribution in [1.82, 2.24) is 30.2 Å². The average Bonchev–Trinajstić information content (AvgIpc) is 4.10. The van der Waals surface area contributed by atoms with Crippen molar-refractivity contribution in [2.45, 2.75) is 126 Å². The number of nitrogens with zero attached hydrogens (tertiary/aromatic N) is 3. The molecule has 19 heteroatoms. The van der Waals surface area contributed by atoms with E-state index in [0.29, 0.717) is 42.5 Å². The number of nitrogens with one attached hydrogen (secondary N) is 3. The van der Waals surface area contributed by atoms with Crippen molar-refractivity contribution in [3.8, 4) is 11.6 Å². The van der Waals surface area contributed by atoms with Crippen LogP contribution in [0.3, 0.4) is 0 Å². The van der Waals surface area contributed by atoms with Crippen molar-refractivity contribution in [3.63, 3.8) is 0 Å². The number of benzene rings is 1. The van der Waals surface area contributed by atoms with E-state index >= 15 is 4.39 Å². The lowest BCUT2D eigenvalue weighted by Gasteiger charge is -2.31. The Balaban J connectivity index is 1.24. The molecule has 3 saturated carbocycles. The van der Waals surface area contributed by atoms with Crippen molar-refractivity contribution >= 4 is 44.9 Å². The third-order valence-electron chi connectivity index (χ3n) is 12.0. The second kappa shape index (κ2) is 14.8. The molecule has 9 atom stereocenters. The molecule has 3 N–H and O–H groups in total. The Bertz CT molecular complexity index is 2020. The molecule has 0 radical (unpaired) electrons. The first-order chi connectivity index (χ1) is 26.5. The summed E-state index contributed by atoms with van der Waals surface area (Å²) in [5.74, 6) is -5.27. The topological polar surface area (TPSA) is 195 Å². The number of aromatic nitrogens is 2. The summed E-state index contributed by atoms with van der Waals surface area (Å²) in [6.45, 7) is 4.24. The van der Waals surface area contributed by atoms with Gasteiger partial charge in [-0.15, -0.1) is 0 Å². The fraction of sp³-hybridized carbons (Fsp3) is 0.676. The van der Waals surface area contributed by atoms with Gasteiger partial charge in [0, 0.05) is 12.0 Å². The molecule has 0 spiro atoms. The lowest BCUT2D eigenvalue weighted by Crippen LogP contribution is -2.59. The number of rotatable bonds is 8. The molecule has 1 saturated heterocycles. The first-order valence-electron chi connectivity index (χ1n) is 19.1. The van der Waals surface area contributed by atoms with Crippen molar-refractivity contribution in [1.29, 1.82) is 0 Å². The Morgan fingerprint density at radius 1 is 1.11 bits per heavy atom. The summed E-state index contributed by atoms with van der Waals surface area (Å²) < 4.78 is 88.6. The molecular weight excluding hydrogens is 762 g/mol. The Labute approximate surface area is 322 Å². The largest absolute Gasteiger partial charge is 0.497 e. The number of halogens is 3. The molecule has 2 aromatic rings. The minimum absolute atomic E-state index is 0.0726. The normalized spacial score (nSPS) is 32.8. The Morgan fingerprint density at radius 2 is 1.84 bits per heavy atom. The number of ether oxygens (including phenoxy) is 3. The number of hydrogen-bond acceptors (Lipinski definition) is 11. The van der Waals surface area contributed by atoms with Crippen LogP contribution < -0.4 is 24.8 Å². The van der Waals surface area contributed by atoms with E-state index in [9.17, 15) is 36.4 Å². The number of sulfonamides is 1. The maximum atomic E-state index is 16.2. The minimum Gasteiger partial charge on any atom is -0.497 e. The highest BCUT2D eigenvalue weighted by atomic mass is 32.2. The van der Waals surface area contributed by atoms with Gasteiger partial charge in [-0.3, -0.25) is 19.1 Å². The van der Waals surface area contributed by atoms with Gasteiger partial charge in [0.05, 0.1) is 35.4 Å². The summed E-state index contributed by atoms with van der Waals surface area (Å²) in [6.07, 6.45) is -4.21. The SMILES string of the molecule is CC[C@@H]1[C@@H]2CN(C(=O)[C@H](C)NC(=O)O[C@@H]3C[C@H]3CCCCC(F)c3nc4ccc(OC)cc4nc3O2)[C@@H]1C(=O)N[C@]1(C(=O)NS(=O)(=O)C2(C)CC2)CC1C(F)F. The van der Waals surface area contributed by atoms with Gasteiger partial charge < -0.3 is 29.7 Å². The maximum Gasteiger partial charge on any atom is 0.408 e. The van der Waals surface area contributed by atoms with Gasteiger partial charge >= 0.3 is 6.09 Å². The van der Waals surface area contributed by atoms with Gasteiger partial charge in [-0.1, -0.05) is 19.8 Å². The highest BCUT2D eigenvalue weighted by molar-refractivity contribution is 7.91. The van der Waals surface area contributed by atoms with E-state index in [1.54, 1.807) is 25.1 Å². The fourth-order valence-corrected chi connectivity index (χ4v) is 9.28. The Morgan fingerprint density at radius 3 is 2.50 bits per heavy atom. The monoisotopic (exact) mass is 808 g/mol. The Hall–Kier alpha value is -4.42. The average molecular weight is 809 g/mol. The van der Waals surface area contributed by atoms with Gasteiger partial charge in [0.25, 0.3) is 5.91 Å². The number of methoxy groups -OCH3 is 1. The zero-order chi connectivity index (χ0) is 40.3. The van der Waals surface area contributed by atoms with Gasteiger partial charge in [-0.25, -0.2) is 36.4 Å². The van der Waals surface area contributed by atoms with Crippen LogP contribution in [-0.4, -0.2) is 102 Å². The summed E-state index contributed by atoms with van der Waals surface area (Å²) in [7, 11) is -2.79. The second-order valence-corrected chi connectivity index (χ2v) is 18.2. The van der Waals surface area contributed by atoms with E-state index in [0.717, 1.165) is 4.90 Å². The Kier molecular flexibility index (Phi) is 10.5. The van der Waals surface area contributed by atoms with Crippen LogP contribution in [0.5, 0.6) is 11.6 Å². The molecule has 5 aliphatic rings. The zero-order valence-electron chi connectivity index (χ0n) is 31.6. The first kappa shape index (κ1) is 39.8. The van der Waals surface area contributed by atoms with Gasteiger partial charge in [-0.05, 0) is 76.8 Å². The van der Waals surface area contributed by atoms with E-state index in [-0.39, 0.29) is 55.8 Å². The summed E-state index contributed by atoms with van der Waals surface area (Å²) in [6, 6.07) is 2.20. The van der Waals surface area contributed by atoms with Crippen LogP contribution in [-0.2, 0) is 29.1 Å². The van der Waals surface area contributed by atoms with Crippen LogP contribution in [0.4, 0.5) is 18.0 Å². The van der Waals surface area contributed by atoms with E-state index in [4.69, 9.17) is 14.2 Å². The fourth-order valence-electron chi connectivity index (χ4n) is 7.97. The lowest BCUT2D eigenvalue weighted by atomic mass is 9.93. The molecule has 2 unspecified atom stereocenters. The van der Waals surface area contributed by atoms with E-state index in [2.05, 4.69) is 20.6 Å². The van der Waals surface area contributed by atoms with Crippen molar-refractivity contribution in [3.05, 3.63) is 23.9 Å². The molecule has 2 bridgehead atoms. The van der Waals surface area contributed by atoms with Crippen molar-refractivity contribution in [2.24, 2.45) is 17.8 Å². The highest BCUT2D eigenvalue weighted by Crippen LogP contribution is 2.50. The molecule has 15 nitrogen and oxygen atoms in total. The molecule has 1 aromatic heterocycles. The molecule has 7 rings (SSSR count). The van der Waals surface area contributed by atoms with E-state index < -0.39 is 93.2 Å². The molecule has 56 heavy (non-hydrogen) atoms. The van der Waals surface area contributed by atoms with E-state index in [1.165, 1.54) is 21.0 Å². The number of alkyl carbamates (subject to hydrolysis) is 1. The van der Waals surface area contributed by atoms with Crippen molar-refractivity contribution < 1.29 is 55.0 Å². The van der Waals surface area contributed by atoms with Crippen molar-refractivity contribution in [2.75, 3.05) is 13.7 Å². The highest BCUT2D eigenvalue weighted by Gasteiger charge is 2.67. The molecule has 306 valence electrons. The molecule has 3 aliphatic carbocycles. The minimum atomic E-state index is -4.26. The summed E-state index contributed by atoms with van der Waals surface area (Å²) in [5, 5.41) is 4.95.